The van der Waals surface area contributed by atoms with Crippen LogP contribution in [0.2, 0.25) is 0 Å². The first-order valence-corrected chi connectivity index (χ1v) is 15.4. The molecule has 1 aliphatic carbocycles. The standard InChI is InChI=1S/C28H28O2.C7H12O.2C2H6/c1-22-14-17-27(18-15-22)28(24(3)30-21-26-12-8-5-9-13-26)19-16-23(2)29-20-25-10-6-4-7-11-25;1-2-6-3-4-7(8)5-6;2*1-2/h4-19H,3,20-21H2,1-2H3;6H,2-5H2,1H3;2*1-2H3/b23-16+,28-19+;;;. The third-order valence-electron chi connectivity index (χ3n) is 6.64. The SMILES string of the molecule is C=C(OCc1ccccc1)/C(=C\C=C(/C)OCc1ccccc1)c1ccc(C)cc1.CC.CC.CCC1CCC(=O)C1. The van der Waals surface area contributed by atoms with Crippen molar-refractivity contribution in [2.45, 2.75) is 87.4 Å². The Morgan fingerprint density at radius 2 is 1.33 bits per heavy atom. The topological polar surface area (TPSA) is 35.5 Å². The lowest BCUT2D eigenvalue weighted by Crippen LogP contribution is -1.97. The minimum absolute atomic E-state index is 0.469. The second-order valence-corrected chi connectivity index (χ2v) is 9.75. The molecule has 0 heterocycles. The van der Waals surface area contributed by atoms with E-state index in [1.165, 1.54) is 12.0 Å². The summed E-state index contributed by atoms with van der Waals surface area (Å²) in [5.74, 6) is 2.66. The van der Waals surface area contributed by atoms with Crippen LogP contribution < -0.4 is 0 Å². The average Bonchev–Trinajstić information content (AvgIpc) is 3.48. The number of Topliss-reactive ketones (excluding diaryl/α,β-unsaturated/α-hetero) is 1. The molecule has 0 amide bonds. The normalized spacial score (nSPS) is 14.3. The van der Waals surface area contributed by atoms with E-state index in [0.29, 0.717) is 24.8 Å². The molecule has 0 N–H and O–H groups in total. The molecule has 0 saturated heterocycles. The molecule has 42 heavy (non-hydrogen) atoms. The van der Waals surface area contributed by atoms with Gasteiger partial charge in [0.15, 0.2) is 0 Å². The van der Waals surface area contributed by atoms with Crippen molar-refractivity contribution in [2.24, 2.45) is 5.92 Å². The van der Waals surface area contributed by atoms with Crippen LogP contribution in [-0.4, -0.2) is 5.78 Å². The van der Waals surface area contributed by atoms with Gasteiger partial charge in [0.2, 0.25) is 0 Å². The van der Waals surface area contributed by atoms with E-state index in [1.54, 1.807) is 0 Å². The molecule has 3 heteroatoms. The van der Waals surface area contributed by atoms with E-state index in [4.69, 9.17) is 9.47 Å². The molecule has 0 aliphatic heterocycles. The number of ether oxygens (including phenoxy) is 2. The van der Waals surface area contributed by atoms with Gasteiger partial charge < -0.3 is 9.47 Å². The number of hydrogen-bond donors (Lipinski definition) is 0. The zero-order valence-electron chi connectivity index (χ0n) is 27.0. The fraction of sp³-hybridized carbons (Fsp3) is 0.359. The van der Waals surface area contributed by atoms with Gasteiger partial charge in [0.05, 0.1) is 5.76 Å². The van der Waals surface area contributed by atoms with Gasteiger partial charge >= 0.3 is 0 Å². The zero-order chi connectivity index (χ0) is 31.2. The van der Waals surface area contributed by atoms with Crippen LogP contribution in [0.1, 0.15) is 89.5 Å². The molecule has 226 valence electrons. The lowest BCUT2D eigenvalue weighted by Gasteiger charge is -2.14. The number of aryl methyl sites for hydroxylation is 1. The molecule has 1 saturated carbocycles. The van der Waals surface area contributed by atoms with Crippen molar-refractivity contribution in [3.05, 3.63) is 137 Å². The monoisotopic (exact) mass is 568 g/mol. The third-order valence-corrected chi connectivity index (χ3v) is 6.64. The predicted octanol–water partition coefficient (Wildman–Crippen LogP) is 11.0. The molecule has 1 unspecified atom stereocenters. The van der Waals surface area contributed by atoms with Crippen LogP contribution in [0, 0.1) is 12.8 Å². The van der Waals surface area contributed by atoms with Gasteiger partial charge in [-0.3, -0.25) is 4.79 Å². The van der Waals surface area contributed by atoms with E-state index in [1.807, 2.05) is 95.3 Å². The Morgan fingerprint density at radius 1 is 0.810 bits per heavy atom. The quantitative estimate of drug-likeness (QED) is 0.180. The highest BCUT2D eigenvalue weighted by molar-refractivity contribution is 5.80. The highest BCUT2D eigenvalue weighted by Gasteiger charge is 2.19. The van der Waals surface area contributed by atoms with Crippen LogP contribution in [0.3, 0.4) is 0 Å². The van der Waals surface area contributed by atoms with Gasteiger partial charge in [-0.15, -0.1) is 0 Å². The van der Waals surface area contributed by atoms with E-state index < -0.39 is 0 Å². The molecule has 0 spiro atoms. The van der Waals surface area contributed by atoms with Crippen LogP contribution in [0.15, 0.2) is 115 Å². The third kappa shape index (κ3) is 14.2. The summed E-state index contributed by atoms with van der Waals surface area (Å²) in [6.07, 6.45) is 8.02. The highest BCUT2D eigenvalue weighted by Crippen LogP contribution is 2.25. The maximum Gasteiger partial charge on any atom is 0.133 e. The van der Waals surface area contributed by atoms with Gasteiger partial charge in [-0.05, 0) is 55.0 Å². The molecule has 0 aromatic heterocycles. The van der Waals surface area contributed by atoms with Crippen LogP contribution >= 0.6 is 0 Å². The largest absolute Gasteiger partial charge is 0.494 e. The Labute approximate surface area is 256 Å². The summed E-state index contributed by atoms with van der Waals surface area (Å²) in [7, 11) is 0. The first kappa shape index (κ1) is 36.2. The Hall–Kier alpha value is -3.85. The Kier molecular flexibility index (Phi) is 18.8. The van der Waals surface area contributed by atoms with Crippen LogP contribution in [0.4, 0.5) is 0 Å². The van der Waals surface area contributed by atoms with E-state index in [9.17, 15) is 4.79 Å². The number of carbonyl (C=O) groups is 1. The minimum atomic E-state index is 0.469. The molecular weight excluding hydrogens is 516 g/mol. The molecule has 3 aromatic rings. The number of carbonyl (C=O) groups excluding carboxylic acids is 1. The van der Waals surface area contributed by atoms with Crippen molar-refractivity contribution in [1.29, 1.82) is 0 Å². The number of rotatable bonds is 10. The summed E-state index contributed by atoms with van der Waals surface area (Å²) >= 11 is 0. The fourth-order valence-electron chi connectivity index (χ4n) is 4.17. The molecule has 0 radical (unpaired) electrons. The first-order chi connectivity index (χ1) is 20.4. The highest BCUT2D eigenvalue weighted by atomic mass is 16.5. The second-order valence-electron chi connectivity index (χ2n) is 9.75. The molecule has 4 rings (SSSR count). The molecular formula is C39H52O3. The zero-order valence-corrected chi connectivity index (χ0v) is 27.0. The van der Waals surface area contributed by atoms with Gasteiger partial charge in [0.25, 0.3) is 0 Å². The lowest BCUT2D eigenvalue weighted by atomic mass is 10.0. The number of benzene rings is 3. The van der Waals surface area contributed by atoms with Crippen molar-refractivity contribution >= 4 is 11.4 Å². The summed E-state index contributed by atoms with van der Waals surface area (Å²) in [4.78, 5) is 10.6. The molecule has 0 bridgehead atoms. The first-order valence-electron chi connectivity index (χ1n) is 15.4. The van der Waals surface area contributed by atoms with E-state index in [-0.39, 0.29) is 0 Å². The Balaban J connectivity index is 0.000000620. The summed E-state index contributed by atoms with van der Waals surface area (Å²) in [5, 5.41) is 0. The predicted molar refractivity (Wildman–Crippen MR) is 180 cm³/mol. The van der Waals surface area contributed by atoms with Crippen molar-refractivity contribution in [2.75, 3.05) is 0 Å². The number of allylic oxidation sites excluding steroid dienone is 4. The number of ketones is 1. The van der Waals surface area contributed by atoms with Crippen molar-refractivity contribution < 1.29 is 14.3 Å². The van der Waals surface area contributed by atoms with Gasteiger partial charge in [0, 0.05) is 18.4 Å². The van der Waals surface area contributed by atoms with E-state index in [0.717, 1.165) is 53.2 Å². The van der Waals surface area contributed by atoms with Gasteiger partial charge in [0.1, 0.15) is 24.8 Å². The Morgan fingerprint density at radius 3 is 1.79 bits per heavy atom. The van der Waals surface area contributed by atoms with E-state index >= 15 is 0 Å². The van der Waals surface area contributed by atoms with Crippen molar-refractivity contribution in [3.8, 4) is 0 Å². The summed E-state index contributed by atoms with van der Waals surface area (Å²) in [6.45, 7) is 19.4. The smallest absolute Gasteiger partial charge is 0.133 e. The maximum absolute atomic E-state index is 10.6. The molecule has 1 fully saturated rings. The van der Waals surface area contributed by atoms with E-state index in [2.05, 4.69) is 56.8 Å². The molecule has 3 aromatic carbocycles. The average molecular weight is 569 g/mol. The molecule has 1 aliphatic rings. The Bertz CT molecular complexity index is 1210. The van der Waals surface area contributed by atoms with Crippen molar-refractivity contribution in [3.63, 3.8) is 0 Å². The van der Waals surface area contributed by atoms with Crippen LogP contribution in [0.5, 0.6) is 0 Å². The molecule has 3 nitrogen and oxygen atoms in total. The van der Waals surface area contributed by atoms with Crippen LogP contribution in [0.25, 0.3) is 5.57 Å². The lowest BCUT2D eigenvalue weighted by molar-refractivity contribution is -0.117. The van der Waals surface area contributed by atoms with Gasteiger partial charge in [-0.25, -0.2) is 0 Å². The summed E-state index contributed by atoms with van der Waals surface area (Å²) in [5.41, 5.74) is 5.47. The number of hydrogen-bond acceptors (Lipinski definition) is 3. The second kappa shape index (κ2) is 21.8. The fourth-order valence-corrected chi connectivity index (χ4v) is 4.17. The van der Waals surface area contributed by atoms with Gasteiger partial charge in [-0.2, -0.15) is 0 Å². The van der Waals surface area contributed by atoms with Crippen LogP contribution in [-0.2, 0) is 27.5 Å². The van der Waals surface area contributed by atoms with Crippen molar-refractivity contribution in [1.82, 2.24) is 0 Å². The maximum atomic E-state index is 10.6. The summed E-state index contributed by atoms with van der Waals surface area (Å²) < 4.78 is 11.9. The summed E-state index contributed by atoms with van der Waals surface area (Å²) in [6, 6.07) is 28.6. The molecule has 1 atom stereocenters. The van der Waals surface area contributed by atoms with Gasteiger partial charge in [-0.1, -0.05) is 138 Å². The minimum Gasteiger partial charge on any atom is -0.494 e.